The lowest BCUT2D eigenvalue weighted by Gasteiger charge is -2.16. The van der Waals surface area contributed by atoms with Crippen LogP contribution in [0.5, 0.6) is 0 Å². The first-order valence-corrected chi connectivity index (χ1v) is 10.3. The number of amides is 1. The number of carbonyl (C=O) groups is 1. The van der Waals surface area contributed by atoms with E-state index in [0.717, 1.165) is 26.9 Å². The standard InChI is InChI=1S/C23H19ClN2O2S/c1-15-12-16(2)22-20(13-15)25-23(29-22)26(14-18-7-5-11-28-18)21(27)10-9-17-6-3-4-8-19(17)24/h3-13H,14H2,1-2H3/b10-9+. The fourth-order valence-corrected chi connectivity index (χ4v) is 4.36. The summed E-state index contributed by atoms with van der Waals surface area (Å²) in [6.45, 7) is 4.41. The molecule has 0 fully saturated rings. The highest BCUT2D eigenvalue weighted by Crippen LogP contribution is 2.33. The minimum atomic E-state index is -0.185. The van der Waals surface area contributed by atoms with Gasteiger partial charge in [0.15, 0.2) is 5.13 Å². The molecule has 4 rings (SSSR count). The monoisotopic (exact) mass is 422 g/mol. The Balaban J connectivity index is 1.71. The molecule has 2 aromatic heterocycles. The van der Waals surface area contributed by atoms with Crippen LogP contribution in [0.1, 0.15) is 22.5 Å². The van der Waals surface area contributed by atoms with E-state index in [1.165, 1.54) is 17.4 Å². The van der Waals surface area contributed by atoms with Crippen molar-refractivity contribution < 1.29 is 9.21 Å². The van der Waals surface area contributed by atoms with Gasteiger partial charge in [-0.05, 0) is 60.9 Å². The van der Waals surface area contributed by atoms with E-state index < -0.39 is 0 Å². The zero-order chi connectivity index (χ0) is 20.4. The van der Waals surface area contributed by atoms with Crippen LogP contribution >= 0.6 is 22.9 Å². The molecule has 0 radical (unpaired) electrons. The van der Waals surface area contributed by atoms with Gasteiger partial charge in [0.25, 0.3) is 5.91 Å². The lowest BCUT2D eigenvalue weighted by Crippen LogP contribution is -2.28. The number of nitrogens with zero attached hydrogens (tertiary/aromatic N) is 2. The summed E-state index contributed by atoms with van der Waals surface area (Å²) in [6, 6.07) is 15.2. The van der Waals surface area contributed by atoms with Crippen molar-refractivity contribution in [2.75, 3.05) is 4.90 Å². The fourth-order valence-electron chi connectivity index (χ4n) is 3.14. The Labute approximate surface area is 178 Å². The molecule has 0 saturated heterocycles. The molecule has 2 heterocycles. The second-order valence-corrected chi connectivity index (χ2v) is 8.17. The number of fused-ring (bicyclic) bond motifs is 1. The van der Waals surface area contributed by atoms with E-state index >= 15 is 0 Å². The lowest BCUT2D eigenvalue weighted by molar-refractivity contribution is -0.114. The van der Waals surface area contributed by atoms with Gasteiger partial charge in [-0.1, -0.05) is 47.2 Å². The highest BCUT2D eigenvalue weighted by molar-refractivity contribution is 7.22. The van der Waals surface area contributed by atoms with E-state index in [0.29, 0.717) is 22.5 Å². The van der Waals surface area contributed by atoms with Crippen molar-refractivity contribution in [2.24, 2.45) is 0 Å². The average Bonchev–Trinajstić information content (AvgIpc) is 3.34. The Kier molecular flexibility index (Phi) is 5.51. The van der Waals surface area contributed by atoms with Crippen LogP contribution in [0.4, 0.5) is 5.13 Å². The Morgan fingerprint density at radius 3 is 2.79 bits per heavy atom. The van der Waals surface area contributed by atoms with Gasteiger partial charge < -0.3 is 4.42 Å². The molecule has 4 aromatic rings. The Morgan fingerprint density at radius 1 is 1.21 bits per heavy atom. The molecule has 0 saturated carbocycles. The highest BCUT2D eigenvalue weighted by atomic mass is 35.5. The van der Waals surface area contributed by atoms with Gasteiger partial charge in [0.05, 0.1) is 23.0 Å². The molecular weight excluding hydrogens is 404 g/mol. The number of thiazole rings is 1. The Bertz CT molecular complexity index is 1200. The van der Waals surface area contributed by atoms with E-state index in [1.54, 1.807) is 23.3 Å². The summed E-state index contributed by atoms with van der Waals surface area (Å²) in [5.41, 5.74) is 3.99. The van der Waals surface area contributed by atoms with Crippen molar-refractivity contribution in [3.63, 3.8) is 0 Å². The lowest BCUT2D eigenvalue weighted by atomic mass is 10.1. The minimum Gasteiger partial charge on any atom is -0.467 e. The maximum atomic E-state index is 13.1. The van der Waals surface area contributed by atoms with Crippen LogP contribution in [0, 0.1) is 13.8 Å². The number of furan rings is 1. The maximum absolute atomic E-state index is 13.1. The van der Waals surface area contributed by atoms with Crippen molar-refractivity contribution >= 4 is 50.3 Å². The predicted octanol–water partition coefficient (Wildman–Crippen LogP) is 6.41. The van der Waals surface area contributed by atoms with Crippen LogP contribution in [-0.4, -0.2) is 10.9 Å². The molecule has 0 atom stereocenters. The molecule has 0 aliphatic rings. The van der Waals surface area contributed by atoms with E-state index in [2.05, 4.69) is 13.0 Å². The quantitative estimate of drug-likeness (QED) is 0.349. The number of carbonyl (C=O) groups excluding carboxylic acids is 1. The zero-order valence-electron chi connectivity index (χ0n) is 16.1. The molecule has 0 aliphatic heterocycles. The van der Waals surface area contributed by atoms with Crippen molar-refractivity contribution in [3.8, 4) is 0 Å². The van der Waals surface area contributed by atoms with Gasteiger partial charge in [-0.2, -0.15) is 0 Å². The van der Waals surface area contributed by atoms with Gasteiger partial charge in [0.1, 0.15) is 5.76 Å². The van der Waals surface area contributed by atoms with E-state index in [4.69, 9.17) is 21.0 Å². The van der Waals surface area contributed by atoms with Gasteiger partial charge in [-0.15, -0.1) is 0 Å². The Morgan fingerprint density at radius 2 is 2.03 bits per heavy atom. The van der Waals surface area contributed by atoms with Crippen LogP contribution in [0.15, 0.2) is 65.3 Å². The number of benzene rings is 2. The molecule has 2 aromatic carbocycles. The first kappa shape index (κ1) is 19.4. The number of aromatic nitrogens is 1. The number of halogens is 1. The first-order valence-electron chi connectivity index (χ1n) is 9.15. The second-order valence-electron chi connectivity index (χ2n) is 6.79. The smallest absolute Gasteiger partial charge is 0.253 e. The SMILES string of the molecule is Cc1cc(C)c2sc(N(Cc3ccco3)C(=O)/C=C/c3ccccc3Cl)nc2c1. The third-order valence-corrected chi connectivity index (χ3v) is 6.08. The van der Waals surface area contributed by atoms with Crippen molar-refractivity contribution in [3.05, 3.63) is 88.3 Å². The summed E-state index contributed by atoms with van der Waals surface area (Å²) in [5, 5.41) is 1.24. The molecule has 0 spiro atoms. The van der Waals surface area contributed by atoms with Crippen LogP contribution in [0.2, 0.25) is 5.02 Å². The minimum absolute atomic E-state index is 0.185. The number of rotatable bonds is 5. The number of aryl methyl sites for hydroxylation is 2. The van der Waals surface area contributed by atoms with Crippen molar-refractivity contribution in [1.29, 1.82) is 0 Å². The zero-order valence-corrected chi connectivity index (χ0v) is 17.6. The van der Waals surface area contributed by atoms with Crippen molar-refractivity contribution in [1.82, 2.24) is 4.98 Å². The van der Waals surface area contributed by atoms with E-state index in [9.17, 15) is 4.79 Å². The molecule has 4 nitrogen and oxygen atoms in total. The van der Waals surface area contributed by atoms with Crippen LogP contribution in [-0.2, 0) is 11.3 Å². The fraction of sp³-hybridized carbons (Fsp3) is 0.130. The van der Waals surface area contributed by atoms with Gasteiger partial charge in [-0.3, -0.25) is 9.69 Å². The predicted molar refractivity (Wildman–Crippen MR) is 119 cm³/mol. The van der Waals surface area contributed by atoms with Gasteiger partial charge in [0, 0.05) is 11.1 Å². The van der Waals surface area contributed by atoms with Crippen molar-refractivity contribution in [2.45, 2.75) is 20.4 Å². The third-order valence-electron chi connectivity index (χ3n) is 4.51. The van der Waals surface area contributed by atoms with Gasteiger partial charge in [0.2, 0.25) is 0 Å². The van der Waals surface area contributed by atoms with Gasteiger partial charge in [-0.25, -0.2) is 4.98 Å². The number of hydrogen-bond acceptors (Lipinski definition) is 4. The topological polar surface area (TPSA) is 46.3 Å². The second kappa shape index (κ2) is 8.23. The molecule has 0 unspecified atom stereocenters. The molecule has 0 bridgehead atoms. The van der Waals surface area contributed by atoms with Crippen LogP contribution in [0.25, 0.3) is 16.3 Å². The van der Waals surface area contributed by atoms with Crippen LogP contribution < -0.4 is 4.90 Å². The first-order chi connectivity index (χ1) is 14.0. The molecule has 29 heavy (non-hydrogen) atoms. The number of anilines is 1. The summed E-state index contributed by atoms with van der Waals surface area (Å²) >= 11 is 7.71. The summed E-state index contributed by atoms with van der Waals surface area (Å²) in [4.78, 5) is 19.5. The normalized spacial score (nSPS) is 11.4. The van der Waals surface area contributed by atoms with Gasteiger partial charge >= 0.3 is 0 Å². The highest BCUT2D eigenvalue weighted by Gasteiger charge is 2.20. The molecule has 146 valence electrons. The summed E-state index contributed by atoms with van der Waals surface area (Å²) in [6.07, 6.45) is 4.85. The largest absolute Gasteiger partial charge is 0.467 e. The average molecular weight is 423 g/mol. The summed E-state index contributed by atoms with van der Waals surface area (Å²) < 4.78 is 6.55. The molecule has 6 heteroatoms. The molecule has 0 aliphatic carbocycles. The molecule has 1 amide bonds. The maximum Gasteiger partial charge on any atom is 0.253 e. The van der Waals surface area contributed by atoms with Crippen LogP contribution in [0.3, 0.4) is 0 Å². The number of hydrogen-bond donors (Lipinski definition) is 0. The summed E-state index contributed by atoms with van der Waals surface area (Å²) in [5.74, 6) is 0.506. The molecule has 0 N–H and O–H groups in total. The summed E-state index contributed by atoms with van der Waals surface area (Å²) in [7, 11) is 0. The van der Waals surface area contributed by atoms with E-state index in [1.807, 2.05) is 43.3 Å². The Hall–Kier alpha value is -2.89. The van der Waals surface area contributed by atoms with E-state index in [-0.39, 0.29) is 5.91 Å². The third kappa shape index (κ3) is 4.26. The molecular formula is C23H19ClN2O2S.